The van der Waals surface area contributed by atoms with Crippen LogP contribution in [-0.4, -0.2) is 84.5 Å². The Labute approximate surface area is 177 Å². The van der Waals surface area contributed by atoms with Crippen molar-refractivity contribution < 1.29 is 19.1 Å². The number of carbonyl (C=O) groups excluding carboxylic acids is 3. The maximum absolute atomic E-state index is 12.7. The Morgan fingerprint density at radius 2 is 1.83 bits per heavy atom. The maximum Gasteiger partial charge on any atom is 0.327 e. The highest BCUT2D eigenvalue weighted by molar-refractivity contribution is 6.04. The normalized spacial score (nSPS) is 21.5. The first-order chi connectivity index (χ1) is 14.6. The van der Waals surface area contributed by atoms with Gasteiger partial charge in [0, 0.05) is 45.6 Å². The van der Waals surface area contributed by atoms with Crippen LogP contribution >= 0.6 is 0 Å². The van der Waals surface area contributed by atoms with E-state index in [2.05, 4.69) is 10.2 Å². The number of imide groups is 1. The molecule has 162 valence electrons. The van der Waals surface area contributed by atoms with Crippen LogP contribution in [0.25, 0.3) is 0 Å². The van der Waals surface area contributed by atoms with Crippen LogP contribution in [0.2, 0.25) is 0 Å². The second kappa shape index (κ2) is 9.57. The molecule has 0 aliphatic carbocycles. The van der Waals surface area contributed by atoms with Crippen LogP contribution in [-0.2, 0) is 27.3 Å². The van der Waals surface area contributed by atoms with Crippen molar-refractivity contribution in [1.29, 1.82) is 0 Å². The first-order valence-electron chi connectivity index (χ1n) is 10.9. The van der Waals surface area contributed by atoms with Gasteiger partial charge >= 0.3 is 6.03 Å². The Balaban J connectivity index is 1.17. The summed E-state index contributed by atoms with van der Waals surface area (Å²) in [6, 6.07) is 7.32. The van der Waals surface area contributed by atoms with Gasteiger partial charge in [0.05, 0.1) is 13.2 Å². The lowest BCUT2D eigenvalue weighted by molar-refractivity contribution is -0.129. The van der Waals surface area contributed by atoms with E-state index in [9.17, 15) is 14.4 Å². The Hall–Kier alpha value is -2.45. The smallest absolute Gasteiger partial charge is 0.327 e. The molecule has 0 aromatic heterocycles. The molecule has 2 saturated heterocycles. The fraction of sp³-hybridized carbons (Fsp3) is 0.591. The first kappa shape index (κ1) is 20.8. The van der Waals surface area contributed by atoms with Gasteiger partial charge in [-0.3, -0.25) is 19.4 Å². The van der Waals surface area contributed by atoms with Gasteiger partial charge in [-0.1, -0.05) is 24.3 Å². The highest BCUT2D eigenvalue weighted by Crippen LogP contribution is 2.30. The van der Waals surface area contributed by atoms with Gasteiger partial charge in [-0.05, 0) is 30.5 Å². The van der Waals surface area contributed by atoms with E-state index in [0.717, 1.165) is 50.4 Å². The third-order valence-corrected chi connectivity index (χ3v) is 6.14. The quantitative estimate of drug-likeness (QED) is 0.507. The third-order valence-electron chi connectivity index (χ3n) is 6.14. The predicted molar refractivity (Wildman–Crippen MR) is 111 cm³/mol. The summed E-state index contributed by atoms with van der Waals surface area (Å²) in [6.45, 7) is 5.85. The number of ether oxygens (including phenoxy) is 1. The van der Waals surface area contributed by atoms with Crippen molar-refractivity contribution in [3.05, 3.63) is 35.4 Å². The minimum atomic E-state index is -0.401. The first-order valence-corrected chi connectivity index (χ1v) is 10.9. The summed E-state index contributed by atoms with van der Waals surface area (Å²) >= 11 is 0. The molecule has 1 aromatic rings. The van der Waals surface area contributed by atoms with Gasteiger partial charge in [-0.2, -0.15) is 0 Å². The Morgan fingerprint density at radius 1 is 1.07 bits per heavy atom. The molecule has 0 radical (unpaired) electrons. The number of morpholine rings is 1. The maximum atomic E-state index is 12.7. The van der Waals surface area contributed by atoms with Gasteiger partial charge < -0.3 is 15.0 Å². The minimum absolute atomic E-state index is 0.0267. The molecule has 0 unspecified atom stereocenters. The van der Waals surface area contributed by atoms with E-state index in [1.807, 2.05) is 24.3 Å². The molecule has 8 nitrogen and oxygen atoms in total. The zero-order valence-electron chi connectivity index (χ0n) is 17.3. The highest BCUT2D eigenvalue weighted by Gasteiger charge is 2.46. The number of rotatable bonds is 8. The molecule has 4 amide bonds. The summed E-state index contributed by atoms with van der Waals surface area (Å²) in [6.07, 6.45) is 2.28. The number of hydrogen-bond donors (Lipinski definition) is 1. The molecule has 30 heavy (non-hydrogen) atoms. The molecule has 3 aliphatic heterocycles. The topological polar surface area (TPSA) is 82.2 Å². The van der Waals surface area contributed by atoms with Gasteiger partial charge in [0.25, 0.3) is 5.91 Å². The van der Waals surface area contributed by atoms with Crippen molar-refractivity contribution in [2.24, 2.45) is 0 Å². The standard InChI is InChI=1S/C22H30N4O4/c27-20(23-8-4-9-24-11-13-30-14-12-24)7-3-10-25-21(28)19-15-17-5-1-2-6-18(17)16-26(19)22(25)29/h1-2,5-6,19H,3-4,7-16H2,(H,23,27)/t19-/m1/s1. The zero-order chi connectivity index (χ0) is 20.9. The summed E-state index contributed by atoms with van der Waals surface area (Å²) < 4.78 is 5.33. The summed E-state index contributed by atoms with van der Waals surface area (Å²) in [5.41, 5.74) is 2.24. The average molecular weight is 415 g/mol. The summed E-state index contributed by atoms with van der Waals surface area (Å²) in [5.74, 6) is -0.165. The molecular formula is C22H30N4O4. The summed E-state index contributed by atoms with van der Waals surface area (Å²) in [7, 11) is 0. The van der Waals surface area contributed by atoms with E-state index in [-0.39, 0.29) is 17.8 Å². The van der Waals surface area contributed by atoms with Crippen LogP contribution in [0.3, 0.4) is 0 Å². The van der Waals surface area contributed by atoms with Crippen molar-refractivity contribution >= 4 is 17.8 Å². The van der Waals surface area contributed by atoms with Crippen LogP contribution in [0, 0.1) is 0 Å². The molecule has 0 saturated carbocycles. The van der Waals surface area contributed by atoms with Crippen molar-refractivity contribution in [2.45, 2.75) is 38.3 Å². The van der Waals surface area contributed by atoms with Crippen LogP contribution in [0.4, 0.5) is 4.79 Å². The molecule has 0 bridgehead atoms. The fourth-order valence-electron chi connectivity index (χ4n) is 4.42. The third kappa shape index (κ3) is 4.65. The molecule has 0 spiro atoms. The number of nitrogens with zero attached hydrogens (tertiary/aromatic N) is 3. The van der Waals surface area contributed by atoms with Crippen molar-refractivity contribution in [3.63, 3.8) is 0 Å². The van der Waals surface area contributed by atoms with E-state index in [0.29, 0.717) is 38.9 Å². The van der Waals surface area contributed by atoms with E-state index >= 15 is 0 Å². The van der Waals surface area contributed by atoms with Gasteiger partial charge in [-0.25, -0.2) is 4.79 Å². The molecular weight excluding hydrogens is 384 g/mol. The van der Waals surface area contributed by atoms with Gasteiger partial charge in [0.1, 0.15) is 6.04 Å². The van der Waals surface area contributed by atoms with Crippen LogP contribution in [0.5, 0.6) is 0 Å². The Morgan fingerprint density at radius 3 is 2.63 bits per heavy atom. The predicted octanol–water partition coefficient (Wildman–Crippen LogP) is 0.994. The van der Waals surface area contributed by atoms with Gasteiger partial charge in [-0.15, -0.1) is 0 Å². The zero-order valence-corrected chi connectivity index (χ0v) is 17.3. The molecule has 8 heteroatoms. The number of urea groups is 1. The molecule has 1 N–H and O–H groups in total. The van der Waals surface area contributed by atoms with Crippen LogP contribution in [0.1, 0.15) is 30.4 Å². The highest BCUT2D eigenvalue weighted by atomic mass is 16.5. The van der Waals surface area contributed by atoms with Crippen LogP contribution in [0.15, 0.2) is 24.3 Å². The molecule has 2 fully saturated rings. The lowest BCUT2D eigenvalue weighted by Gasteiger charge is -2.28. The number of hydrogen-bond acceptors (Lipinski definition) is 5. The Bertz CT molecular complexity index is 750. The molecule has 1 atom stereocenters. The van der Waals surface area contributed by atoms with Crippen molar-refractivity contribution in [2.75, 3.05) is 45.9 Å². The number of amides is 4. The monoisotopic (exact) mass is 414 g/mol. The van der Waals surface area contributed by atoms with Gasteiger partial charge in [0.15, 0.2) is 0 Å². The van der Waals surface area contributed by atoms with E-state index < -0.39 is 6.04 Å². The van der Waals surface area contributed by atoms with Crippen molar-refractivity contribution in [1.82, 2.24) is 20.0 Å². The summed E-state index contributed by atoms with van der Waals surface area (Å²) in [5, 5.41) is 2.94. The van der Waals surface area contributed by atoms with E-state index in [1.54, 1.807) is 4.90 Å². The number of carbonyl (C=O) groups is 3. The number of benzene rings is 1. The summed E-state index contributed by atoms with van der Waals surface area (Å²) in [4.78, 5) is 42.9. The van der Waals surface area contributed by atoms with Crippen LogP contribution < -0.4 is 5.32 Å². The van der Waals surface area contributed by atoms with E-state index in [4.69, 9.17) is 4.74 Å². The molecule has 3 heterocycles. The minimum Gasteiger partial charge on any atom is -0.379 e. The largest absolute Gasteiger partial charge is 0.379 e. The number of fused-ring (bicyclic) bond motifs is 2. The van der Waals surface area contributed by atoms with Crippen molar-refractivity contribution in [3.8, 4) is 0 Å². The average Bonchev–Trinajstić information content (AvgIpc) is 3.00. The molecule has 3 aliphatic rings. The molecule has 1 aromatic carbocycles. The second-order valence-corrected chi connectivity index (χ2v) is 8.15. The molecule has 4 rings (SSSR count). The van der Waals surface area contributed by atoms with Gasteiger partial charge in [0.2, 0.25) is 5.91 Å². The fourth-order valence-corrected chi connectivity index (χ4v) is 4.42. The van der Waals surface area contributed by atoms with E-state index in [1.165, 1.54) is 4.90 Å². The Kier molecular flexibility index (Phi) is 6.64. The number of nitrogens with one attached hydrogen (secondary N) is 1. The lowest BCUT2D eigenvalue weighted by atomic mass is 9.95. The SMILES string of the molecule is O=C(CCCN1C(=O)[C@H]2Cc3ccccc3CN2C1=O)NCCCN1CCOCC1. The second-order valence-electron chi connectivity index (χ2n) is 8.15. The lowest BCUT2D eigenvalue weighted by Crippen LogP contribution is -2.39.